The number of aromatic nitrogens is 3. The van der Waals surface area contributed by atoms with Crippen molar-refractivity contribution in [2.45, 2.75) is 12.5 Å². The van der Waals surface area contributed by atoms with Crippen LogP contribution in [0.1, 0.15) is 6.42 Å². The zero-order valence-electron chi connectivity index (χ0n) is 30.8. The Hall–Kier alpha value is -7.15. The van der Waals surface area contributed by atoms with Gasteiger partial charge in [0.05, 0.1) is 22.7 Å². The SMILES string of the molecule is C1=CCC(N(c2ccc(-c3ccccc3)cc2)c2ccc(-c3nc(-c4ccccc4)nc(-c4ccc5c(c4)sc4ccccc45)n3)c3oc4ccccc4c23)C=C1. The molecule has 1 unspecified atom stereocenters. The van der Waals surface area contributed by atoms with E-state index in [9.17, 15) is 0 Å². The number of fused-ring (bicyclic) bond motifs is 6. The summed E-state index contributed by atoms with van der Waals surface area (Å²) in [4.78, 5) is 17.9. The third-order valence-corrected chi connectivity index (χ3v) is 12.0. The molecule has 11 rings (SSSR count). The molecule has 3 heterocycles. The molecule has 5 nitrogen and oxygen atoms in total. The number of anilines is 2. The molecule has 0 N–H and O–H groups in total. The lowest BCUT2D eigenvalue weighted by atomic mass is 9.99. The van der Waals surface area contributed by atoms with Gasteiger partial charge in [0, 0.05) is 42.4 Å². The molecule has 1 atom stereocenters. The van der Waals surface area contributed by atoms with Gasteiger partial charge in [-0.15, -0.1) is 11.3 Å². The molecule has 0 spiro atoms. The number of rotatable bonds is 7. The maximum atomic E-state index is 6.85. The molecule has 0 saturated heterocycles. The molecule has 0 amide bonds. The smallest absolute Gasteiger partial charge is 0.167 e. The summed E-state index contributed by atoms with van der Waals surface area (Å²) in [5.41, 5.74) is 8.76. The topological polar surface area (TPSA) is 55.1 Å². The molecule has 0 radical (unpaired) electrons. The van der Waals surface area contributed by atoms with E-state index in [2.05, 4.69) is 151 Å². The van der Waals surface area contributed by atoms with E-state index in [0.717, 1.165) is 56.4 Å². The van der Waals surface area contributed by atoms with Crippen molar-refractivity contribution < 1.29 is 4.42 Å². The van der Waals surface area contributed by atoms with Gasteiger partial charge in [0.15, 0.2) is 17.5 Å². The van der Waals surface area contributed by atoms with Crippen LogP contribution in [-0.4, -0.2) is 21.0 Å². The van der Waals surface area contributed by atoms with Crippen LogP contribution in [0, 0.1) is 0 Å². The van der Waals surface area contributed by atoms with Gasteiger partial charge in [-0.25, -0.2) is 15.0 Å². The Morgan fingerprint density at radius 3 is 1.96 bits per heavy atom. The van der Waals surface area contributed by atoms with E-state index in [4.69, 9.17) is 19.4 Å². The van der Waals surface area contributed by atoms with Gasteiger partial charge in [-0.1, -0.05) is 146 Å². The molecule has 7 aromatic carbocycles. The van der Waals surface area contributed by atoms with Crippen LogP contribution in [0.4, 0.5) is 11.4 Å². The van der Waals surface area contributed by atoms with E-state index in [1.54, 1.807) is 11.3 Å². The van der Waals surface area contributed by atoms with Crippen LogP contribution in [0.2, 0.25) is 0 Å². The second kappa shape index (κ2) is 13.9. The van der Waals surface area contributed by atoms with Gasteiger partial charge >= 0.3 is 0 Å². The maximum Gasteiger partial charge on any atom is 0.167 e. The summed E-state index contributed by atoms with van der Waals surface area (Å²) >= 11 is 1.79. The van der Waals surface area contributed by atoms with Gasteiger partial charge in [-0.2, -0.15) is 0 Å². The van der Waals surface area contributed by atoms with E-state index in [-0.39, 0.29) is 6.04 Å². The predicted octanol–water partition coefficient (Wildman–Crippen LogP) is 13.8. The first-order valence-electron chi connectivity index (χ1n) is 19.2. The van der Waals surface area contributed by atoms with Gasteiger partial charge in [0.25, 0.3) is 0 Å². The lowest BCUT2D eigenvalue weighted by Gasteiger charge is -2.33. The first-order valence-corrected chi connectivity index (χ1v) is 20.0. The summed E-state index contributed by atoms with van der Waals surface area (Å²) in [7, 11) is 0. The van der Waals surface area contributed by atoms with Crippen molar-refractivity contribution in [3.8, 4) is 45.3 Å². The molecular weight excluding hydrogens is 717 g/mol. The molecule has 1 aliphatic carbocycles. The molecular formula is C51H34N4OS. The molecule has 10 aromatic rings. The number of thiophene rings is 1. The van der Waals surface area contributed by atoms with Gasteiger partial charge in [0.2, 0.25) is 0 Å². The maximum absolute atomic E-state index is 6.85. The number of nitrogens with zero attached hydrogens (tertiary/aromatic N) is 4. The Kier molecular flexibility index (Phi) is 8.07. The van der Waals surface area contributed by atoms with Crippen molar-refractivity contribution in [3.05, 3.63) is 188 Å². The molecule has 0 fully saturated rings. The van der Waals surface area contributed by atoms with Crippen LogP contribution in [0.25, 0.3) is 87.4 Å². The van der Waals surface area contributed by atoms with Gasteiger partial charge in [-0.3, -0.25) is 0 Å². The molecule has 0 bridgehead atoms. The van der Waals surface area contributed by atoms with Crippen LogP contribution < -0.4 is 4.90 Å². The molecule has 6 heteroatoms. The highest BCUT2D eigenvalue weighted by atomic mass is 32.1. The lowest BCUT2D eigenvalue weighted by Crippen LogP contribution is -2.30. The molecule has 0 saturated carbocycles. The van der Waals surface area contributed by atoms with Crippen LogP contribution in [0.3, 0.4) is 0 Å². The molecule has 3 aromatic heterocycles. The van der Waals surface area contributed by atoms with Crippen LogP contribution in [0.15, 0.2) is 193 Å². The van der Waals surface area contributed by atoms with E-state index in [0.29, 0.717) is 17.5 Å². The zero-order valence-corrected chi connectivity index (χ0v) is 31.6. The summed E-state index contributed by atoms with van der Waals surface area (Å²) in [6.45, 7) is 0. The normalized spacial score (nSPS) is 13.9. The number of benzene rings is 7. The Morgan fingerprint density at radius 2 is 1.18 bits per heavy atom. The standard InChI is InChI=1S/C51H34N4OS/c1-4-14-33(15-5-1)34-24-27-38(28-25-34)55(37-18-8-3-9-19-37)43-31-30-42(48-47(43)41-21-10-12-22-44(41)56-48)51-53-49(35-16-6-2-7-17-35)52-50(54-51)36-26-29-40-39-20-11-13-23-45(39)57-46(40)32-36/h1-18,20-32,37H,19H2. The highest BCUT2D eigenvalue weighted by Gasteiger charge is 2.26. The molecule has 1 aliphatic rings. The fourth-order valence-corrected chi connectivity index (χ4v) is 9.25. The van der Waals surface area contributed by atoms with E-state index >= 15 is 0 Å². The van der Waals surface area contributed by atoms with Crippen LogP contribution in [0.5, 0.6) is 0 Å². The molecule has 0 aliphatic heterocycles. The third kappa shape index (κ3) is 5.90. The highest BCUT2D eigenvalue weighted by molar-refractivity contribution is 7.25. The van der Waals surface area contributed by atoms with E-state index in [1.165, 1.54) is 31.3 Å². The monoisotopic (exact) mass is 750 g/mol. The summed E-state index contributed by atoms with van der Waals surface area (Å²) < 4.78 is 9.32. The minimum absolute atomic E-state index is 0.0950. The second-order valence-electron chi connectivity index (χ2n) is 14.3. The Bertz CT molecular complexity index is 3160. The van der Waals surface area contributed by atoms with Crippen molar-refractivity contribution in [2.24, 2.45) is 0 Å². The number of allylic oxidation sites excluding steroid dienone is 2. The number of para-hydroxylation sites is 1. The van der Waals surface area contributed by atoms with Gasteiger partial charge < -0.3 is 9.32 Å². The molecule has 57 heavy (non-hydrogen) atoms. The number of hydrogen-bond donors (Lipinski definition) is 0. The van der Waals surface area contributed by atoms with E-state index in [1.807, 2.05) is 42.5 Å². The average molecular weight is 751 g/mol. The van der Waals surface area contributed by atoms with Gasteiger partial charge in [0.1, 0.15) is 11.2 Å². The summed E-state index contributed by atoms with van der Waals surface area (Å²) in [6.07, 6.45) is 9.66. The quantitative estimate of drug-likeness (QED) is 0.162. The summed E-state index contributed by atoms with van der Waals surface area (Å²) in [6, 6.07) is 57.4. The van der Waals surface area contributed by atoms with Crippen molar-refractivity contribution in [3.63, 3.8) is 0 Å². The third-order valence-electron chi connectivity index (χ3n) is 10.9. The minimum Gasteiger partial charge on any atom is -0.455 e. The fraction of sp³-hybridized carbons (Fsp3) is 0.0392. The van der Waals surface area contributed by atoms with Crippen molar-refractivity contribution in [2.75, 3.05) is 4.90 Å². The fourth-order valence-electron chi connectivity index (χ4n) is 8.11. The van der Waals surface area contributed by atoms with E-state index < -0.39 is 0 Å². The predicted molar refractivity (Wildman–Crippen MR) is 237 cm³/mol. The average Bonchev–Trinajstić information content (AvgIpc) is 3.86. The summed E-state index contributed by atoms with van der Waals surface area (Å²) in [5.74, 6) is 1.79. The first-order chi connectivity index (χ1) is 28.2. The minimum atomic E-state index is 0.0950. The van der Waals surface area contributed by atoms with Crippen molar-refractivity contribution in [1.29, 1.82) is 0 Å². The van der Waals surface area contributed by atoms with Crippen LogP contribution in [-0.2, 0) is 0 Å². The summed E-state index contributed by atoms with van der Waals surface area (Å²) in [5, 5.41) is 4.56. The Balaban J connectivity index is 1.11. The van der Waals surface area contributed by atoms with Crippen molar-refractivity contribution >= 4 is 64.8 Å². The van der Waals surface area contributed by atoms with Gasteiger partial charge in [-0.05, 0) is 60.0 Å². The highest BCUT2D eigenvalue weighted by Crippen LogP contribution is 2.45. The first kappa shape index (κ1) is 33.2. The number of furan rings is 1. The Labute approximate surface area is 333 Å². The van der Waals surface area contributed by atoms with Crippen molar-refractivity contribution in [1.82, 2.24) is 15.0 Å². The molecule has 270 valence electrons. The van der Waals surface area contributed by atoms with Crippen LogP contribution >= 0.6 is 11.3 Å². The zero-order chi connectivity index (χ0) is 37.7. The Morgan fingerprint density at radius 1 is 0.526 bits per heavy atom. The number of hydrogen-bond acceptors (Lipinski definition) is 6. The lowest BCUT2D eigenvalue weighted by molar-refractivity contribution is 0.669. The second-order valence-corrected chi connectivity index (χ2v) is 15.4. The largest absolute Gasteiger partial charge is 0.455 e.